The normalized spacial score (nSPS) is 11.1. The van der Waals surface area contributed by atoms with Crippen LogP contribution in [0.4, 0.5) is 0 Å². The summed E-state index contributed by atoms with van der Waals surface area (Å²) in [5.74, 6) is 0.312. The fraction of sp³-hybridized carbons (Fsp3) is 0.231. The first kappa shape index (κ1) is 11.4. The minimum Gasteiger partial charge on any atom is -0.437 e. The highest BCUT2D eigenvalue weighted by molar-refractivity contribution is 5.91. The van der Waals surface area contributed by atoms with Crippen molar-refractivity contribution in [2.24, 2.45) is 0 Å². The minimum absolute atomic E-state index is 0.130. The number of oxazole rings is 1. The van der Waals surface area contributed by atoms with E-state index in [0.29, 0.717) is 12.4 Å². The smallest absolute Gasteiger partial charge is 0.244 e. The lowest BCUT2D eigenvalue weighted by Crippen LogP contribution is -2.21. The topological polar surface area (TPSA) is 55.1 Å². The average molecular weight is 230 g/mol. The zero-order valence-electron chi connectivity index (χ0n) is 9.64. The molecular weight excluding hydrogens is 216 g/mol. The van der Waals surface area contributed by atoms with Gasteiger partial charge in [0, 0.05) is 18.7 Å². The van der Waals surface area contributed by atoms with E-state index in [-0.39, 0.29) is 5.91 Å². The third-order valence-corrected chi connectivity index (χ3v) is 2.24. The lowest BCUT2D eigenvalue weighted by molar-refractivity contribution is -0.116. The summed E-state index contributed by atoms with van der Waals surface area (Å²) in [6.07, 6.45) is 3.92. The van der Waals surface area contributed by atoms with Crippen molar-refractivity contribution in [2.75, 3.05) is 6.54 Å². The van der Waals surface area contributed by atoms with Crippen molar-refractivity contribution in [3.63, 3.8) is 0 Å². The van der Waals surface area contributed by atoms with Gasteiger partial charge in [0.1, 0.15) is 5.52 Å². The van der Waals surface area contributed by atoms with Crippen LogP contribution in [-0.2, 0) is 4.79 Å². The molecule has 17 heavy (non-hydrogen) atoms. The van der Waals surface area contributed by atoms with Gasteiger partial charge in [-0.25, -0.2) is 4.98 Å². The summed E-state index contributed by atoms with van der Waals surface area (Å²) in [6.45, 7) is 2.68. The molecule has 1 heterocycles. The highest BCUT2D eigenvalue weighted by atomic mass is 16.3. The Balaban J connectivity index is 2.07. The van der Waals surface area contributed by atoms with Gasteiger partial charge < -0.3 is 9.73 Å². The summed E-state index contributed by atoms with van der Waals surface area (Å²) < 4.78 is 5.44. The molecule has 0 spiro atoms. The number of benzene rings is 1. The minimum atomic E-state index is -0.130. The number of rotatable bonds is 4. The second-order valence-corrected chi connectivity index (χ2v) is 3.64. The van der Waals surface area contributed by atoms with E-state index in [1.807, 2.05) is 31.2 Å². The molecule has 0 radical (unpaired) electrons. The van der Waals surface area contributed by atoms with Crippen LogP contribution in [0.5, 0.6) is 0 Å². The number of fused-ring (bicyclic) bond motifs is 1. The molecule has 2 aromatic rings. The summed E-state index contributed by atoms with van der Waals surface area (Å²) >= 11 is 0. The molecule has 0 atom stereocenters. The van der Waals surface area contributed by atoms with Gasteiger partial charge in [-0.15, -0.1) is 0 Å². The number of aromatic nitrogens is 1. The third kappa shape index (κ3) is 2.93. The maximum atomic E-state index is 11.3. The Bertz CT molecular complexity index is 510. The molecule has 0 unspecified atom stereocenters. The summed E-state index contributed by atoms with van der Waals surface area (Å²) in [6, 6.07) is 7.49. The quantitative estimate of drug-likeness (QED) is 0.820. The SMILES string of the molecule is CCCNC(=O)C=Cc1nc2ccccc2o1. The molecule has 2 rings (SSSR count). The molecule has 0 fully saturated rings. The van der Waals surface area contributed by atoms with Crippen LogP contribution < -0.4 is 5.32 Å². The van der Waals surface area contributed by atoms with Crippen LogP contribution in [0.2, 0.25) is 0 Å². The van der Waals surface area contributed by atoms with E-state index < -0.39 is 0 Å². The number of para-hydroxylation sites is 2. The number of carbonyl (C=O) groups is 1. The molecule has 0 aliphatic rings. The van der Waals surface area contributed by atoms with Crippen LogP contribution in [0.1, 0.15) is 19.2 Å². The van der Waals surface area contributed by atoms with Crippen LogP contribution in [0.3, 0.4) is 0 Å². The summed E-state index contributed by atoms with van der Waals surface area (Å²) in [7, 11) is 0. The van der Waals surface area contributed by atoms with Gasteiger partial charge in [-0.05, 0) is 18.6 Å². The van der Waals surface area contributed by atoms with E-state index in [9.17, 15) is 4.79 Å². The molecule has 1 aromatic heterocycles. The predicted molar refractivity (Wildman–Crippen MR) is 66.3 cm³/mol. The van der Waals surface area contributed by atoms with E-state index in [1.54, 1.807) is 6.08 Å². The van der Waals surface area contributed by atoms with Crippen LogP contribution in [0.15, 0.2) is 34.8 Å². The number of nitrogens with one attached hydrogen (secondary N) is 1. The Kier molecular flexibility index (Phi) is 3.55. The van der Waals surface area contributed by atoms with Crippen molar-refractivity contribution in [1.29, 1.82) is 0 Å². The maximum absolute atomic E-state index is 11.3. The largest absolute Gasteiger partial charge is 0.437 e. The van der Waals surface area contributed by atoms with Gasteiger partial charge in [-0.1, -0.05) is 19.1 Å². The molecular formula is C13H14N2O2. The van der Waals surface area contributed by atoms with Crippen molar-refractivity contribution in [2.45, 2.75) is 13.3 Å². The van der Waals surface area contributed by atoms with Gasteiger partial charge in [0.2, 0.25) is 11.8 Å². The molecule has 0 aliphatic carbocycles. The lowest BCUT2D eigenvalue weighted by Gasteiger charge is -1.95. The Morgan fingerprint density at radius 2 is 2.29 bits per heavy atom. The van der Waals surface area contributed by atoms with Crippen molar-refractivity contribution in [3.05, 3.63) is 36.2 Å². The Morgan fingerprint density at radius 1 is 1.47 bits per heavy atom. The van der Waals surface area contributed by atoms with E-state index >= 15 is 0 Å². The van der Waals surface area contributed by atoms with Gasteiger partial charge in [-0.3, -0.25) is 4.79 Å². The van der Waals surface area contributed by atoms with E-state index in [4.69, 9.17) is 4.42 Å². The third-order valence-electron chi connectivity index (χ3n) is 2.24. The monoisotopic (exact) mass is 230 g/mol. The van der Waals surface area contributed by atoms with Crippen molar-refractivity contribution in [1.82, 2.24) is 10.3 Å². The summed E-state index contributed by atoms with van der Waals surface area (Å²) in [5, 5.41) is 2.74. The molecule has 4 heteroatoms. The zero-order valence-corrected chi connectivity index (χ0v) is 9.64. The average Bonchev–Trinajstić information content (AvgIpc) is 2.76. The van der Waals surface area contributed by atoms with Crippen molar-refractivity contribution in [3.8, 4) is 0 Å². The number of hydrogen-bond donors (Lipinski definition) is 1. The second kappa shape index (κ2) is 5.30. The van der Waals surface area contributed by atoms with Gasteiger partial charge in [0.15, 0.2) is 5.58 Å². The van der Waals surface area contributed by atoms with Crippen LogP contribution in [0.25, 0.3) is 17.2 Å². The Morgan fingerprint density at radius 3 is 3.06 bits per heavy atom. The molecule has 4 nitrogen and oxygen atoms in total. The zero-order chi connectivity index (χ0) is 12.1. The number of hydrogen-bond acceptors (Lipinski definition) is 3. The first-order chi connectivity index (χ1) is 8.29. The molecule has 88 valence electrons. The fourth-order valence-corrected chi connectivity index (χ4v) is 1.42. The van der Waals surface area contributed by atoms with Gasteiger partial charge in [-0.2, -0.15) is 0 Å². The fourth-order valence-electron chi connectivity index (χ4n) is 1.42. The van der Waals surface area contributed by atoms with Gasteiger partial charge in [0.05, 0.1) is 0 Å². The molecule has 0 saturated carbocycles. The summed E-state index contributed by atoms with van der Waals surface area (Å²) in [4.78, 5) is 15.6. The van der Waals surface area contributed by atoms with Crippen LogP contribution in [0, 0.1) is 0 Å². The Labute approximate surface area is 99.3 Å². The Hall–Kier alpha value is -2.10. The first-order valence-corrected chi connectivity index (χ1v) is 5.61. The number of nitrogens with zero attached hydrogens (tertiary/aromatic N) is 1. The predicted octanol–water partition coefficient (Wildman–Crippen LogP) is 2.37. The maximum Gasteiger partial charge on any atom is 0.244 e. The molecule has 0 bridgehead atoms. The molecule has 0 saturated heterocycles. The van der Waals surface area contributed by atoms with Gasteiger partial charge in [0.25, 0.3) is 0 Å². The van der Waals surface area contributed by atoms with Gasteiger partial charge >= 0.3 is 0 Å². The lowest BCUT2D eigenvalue weighted by atomic mass is 10.3. The van der Waals surface area contributed by atoms with Crippen molar-refractivity contribution < 1.29 is 9.21 Å². The molecule has 1 amide bonds. The van der Waals surface area contributed by atoms with Crippen LogP contribution in [-0.4, -0.2) is 17.4 Å². The van der Waals surface area contributed by atoms with Crippen LogP contribution >= 0.6 is 0 Å². The van der Waals surface area contributed by atoms with E-state index in [1.165, 1.54) is 6.08 Å². The summed E-state index contributed by atoms with van der Waals surface area (Å²) in [5.41, 5.74) is 1.52. The second-order valence-electron chi connectivity index (χ2n) is 3.64. The molecule has 1 N–H and O–H groups in total. The highest BCUT2D eigenvalue weighted by Crippen LogP contribution is 2.15. The first-order valence-electron chi connectivity index (χ1n) is 5.61. The molecule has 0 aliphatic heterocycles. The van der Waals surface area contributed by atoms with E-state index in [0.717, 1.165) is 17.5 Å². The highest BCUT2D eigenvalue weighted by Gasteiger charge is 2.01. The van der Waals surface area contributed by atoms with Crippen molar-refractivity contribution >= 4 is 23.1 Å². The standard InChI is InChI=1S/C13H14N2O2/c1-2-9-14-12(16)7-8-13-15-10-5-3-4-6-11(10)17-13/h3-8H,2,9H2,1H3,(H,14,16). The number of amides is 1. The number of carbonyl (C=O) groups excluding carboxylic acids is 1. The van der Waals surface area contributed by atoms with E-state index in [2.05, 4.69) is 10.3 Å². The molecule has 1 aromatic carbocycles.